The predicted octanol–water partition coefficient (Wildman–Crippen LogP) is -7.37. The predicted molar refractivity (Wildman–Crippen MR) is 143 cm³/mol. The highest BCUT2D eigenvalue weighted by molar-refractivity contribution is 7.46. The highest BCUT2D eigenvalue weighted by Gasteiger charge is 2.57. The smallest absolute Gasteiger partial charge is 0.396 e. The Morgan fingerprint density at radius 2 is 1.37 bits per heavy atom. The Labute approximate surface area is 245 Å². The fourth-order valence-electron chi connectivity index (χ4n) is 5.47. The van der Waals surface area contributed by atoms with Crippen LogP contribution in [0.4, 0.5) is 0 Å². The van der Waals surface area contributed by atoms with Gasteiger partial charge in [-0.25, -0.2) is 14.5 Å². The molecule has 3 rings (SSSR count). The lowest BCUT2D eigenvalue weighted by molar-refractivity contribution is -0.309. The second-order valence-corrected chi connectivity index (χ2v) is 11.6. The number of nitrogens with zero attached hydrogens (tertiary/aromatic N) is 2. The monoisotopic (exact) mass is 647 g/mol. The van der Waals surface area contributed by atoms with E-state index < -0.39 is 125 Å². The van der Waals surface area contributed by atoms with Crippen LogP contribution in [0.15, 0.2) is 9.98 Å². The van der Waals surface area contributed by atoms with Gasteiger partial charge in [0.05, 0.1) is 25.4 Å². The number of aliphatic hydroxyl groups is 6. The summed E-state index contributed by atoms with van der Waals surface area (Å²) >= 11 is 0. The van der Waals surface area contributed by atoms with E-state index in [2.05, 4.69) is 15.3 Å². The number of aliphatic hydroxyl groups excluding tert-OH is 6. The molecule has 17 N–H and O–H groups in total. The molecule has 0 aromatic carbocycles. The number of nitrogens with two attached hydrogens (primary N) is 4. The second-order valence-electron chi connectivity index (χ2n) is 10.4. The number of phosphoric acid groups is 1. The van der Waals surface area contributed by atoms with Crippen LogP contribution in [-0.2, 0) is 28.0 Å². The van der Waals surface area contributed by atoms with Gasteiger partial charge in [0.1, 0.15) is 60.9 Å². The van der Waals surface area contributed by atoms with E-state index in [1.165, 1.54) is 7.05 Å². The van der Waals surface area contributed by atoms with Crippen LogP contribution in [0.1, 0.15) is 6.92 Å². The van der Waals surface area contributed by atoms with E-state index in [1.54, 1.807) is 6.92 Å². The molecule has 2 heterocycles. The quantitative estimate of drug-likeness (QED) is 0.0562. The average molecular weight is 648 g/mol. The number of hydrogen-bond donors (Lipinski definition) is 13. The van der Waals surface area contributed by atoms with Crippen LogP contribution in [0, 0.1) is 5.92 Å². The average Bonchev–Trinajstić information content (AvgIpc) is 3.20. The zero-order valence-electron chi connectivity index (χ0n) is 23.3. The van der Waals surface area contributed by atoms with Crippen LogP contribution in [0.3, 0.4) is 0 Å². The number of phosphoric ester groups is 1. The Morgan fingerprint density at radius 1 is 0.814 bits per heavy atom. The van der Waals surface area contributed by atoms with Gasteiger partial charge in [0, 0.05) is 5.92 Å². The van der Waals surface area contributed by atoms with Crippen molar-refractivity contribution < 1.29 is 68.5 Å². The van der Waals surface area contributed by atoms with Crippen molar-refractivity contribution in [3.05, 3.63) is 0 Å². The lowest BCUT2D eigenvalue weighted by atomic mass is 9.81. The first-order valence-corrected chi connectivity index (χ1v) is 14.7. The molecule has 15 unspecified atom stereocenters. The van der Waals surface area contributed by atoms with Crippen LogP contribution < -0.4 is 28.3 Å². The number of guanidine groups is 2. The lowest BCUT2D eigenvalue weighted by Crippen LogP contribution is -2.66. The van der Waals surface area contributed by atoms with Crippen molar-refractivity contribution in [3.63, 3.8) is 0 Å². The zero-order chi connectivity index (χ0) is 32.4. The minimum absolute atomic E-state index is 0.513. The standard InChI is InChI=1S/C21H42N7O14P/c1-5-6(3-29)15(40-18-10(26-2)13(33)11(31)7(4-30)39-18)19(38-5)41-16-8(27-20(22)23)12(32)9(28-21(24)25)17(14(16)34)42-43(35,36)37/h5-19,26,29-34H,3-4H2,1-2H3,(H4,22,23,27)(H4,24,25,28)(H2,35,36,37). The van der Waals surface area contributed by atoms with Crippen molar-refractivity contribution in [3.8, 4) is 0 Å². The topological polar surface area (TPSA) is 366 Å². The normalized spacial score (nSPS) is 43.7. The van der Waals surface area contributed by atoms with Gasteiger partial charge in [-0.05, 0) is 14.0 Å². The number of hydrogen-bond acceptors (Lipinski definition) is 15. The van der Waals surface area contributed by atoms with Crippen LogP contribution in [0.2, 0.25) is 0 Å². The maximum absolute atomic E-state index is 11.8. The summed E-state index contributed by atoms with van der Waals surface area (Å²) < 4.78 is 40.1. The van der Waals surface area contributed by atoms with Crippen LogP contribution in [0.25, 0.3) is 0 Å². The zero-order valence-corrected chi connectivity index (χ0v) is 24.1. The van der Waals surface area contributed by atoms with E-state index in [0.717, 1.165) is 0 Å². The molecule has 0 amide bonds. The summed E-state index contributed by atoms with van der Waals surface area (Å²) in [6.45, 7) is 0.391. The molecule has 43 heavy (non-hydrogen) atoms. The van der Waals surface area contributed by atoms with Crippen molar-refractivity contribution in [1.29, 1.82) is 0 Å². The van der Waals surface area contributed by atoms with Crippen LogP contribution in [0.5, 0.6) is 0 Å². The largest absolute Gasteiger partial charge is 0.470 e. The van der Waals surface area contributed by atoms with Crippen molar-refractivity contribution in [2.45, 2.75) is 92.6 Å². The number of ether oxygens (including phenoxy) is 4. The van der Waals surface area contributed by atoms with Gasteiger partial charge < -0.3 is 87.6 Å². The molecule has 3 aliphatic rings. The van der Waals surface area contributed by atoms with E-state index in [9.17, 15) is 45.0 Å². The van der Waals surface area contributed by atoms with Crippen LogP contribution in [-0.4, -0.2) is 158 Å². The third kappa shape index (κ3) is 8.09. The number of aliphatic imine (C=N–C) groups is 2. The Kier molecular flexibility index (Phi) is 12.1. The minimum atomic E-state index is -5.32. The summed E-state index contributed by atoms with van der Waals surface area (Å²) in [7, 11) is -3.86. The van der Waals surface area contributed by atoms with Crippen molar-refractivity contribution in [2.75, 3.05) is 20.3 Å². The van der Waals surface area contributed by atoms with Gasteiger partial charge >= 0.3 is 7.82 Å². The molecule has 1 aliphatic carbocycles. The summed E-state index contributed by atoms with van der Waals surface area (Å²) in [6.07, 6.45) is -16.5. The van der Waals surface area contributed by atoms with E-state index in [4.69, 9.17) is 46.4 Å². The highest BCUT2D eigenvalue weighted by atomic mass is 31.2. The molecule has 2 saturated heterocycles. The molecule has 0 radical (unpaired) electrons. The molecule has 15 atom stereocenters. The SMILES string of the molecule is CNC1C(OC2C(OC3C(O)C(OP(=O)(O)O)C(N=C(N)N)C(O)C3N=C(N)N)OC(C)C2CO)OC(CO)C(O)C1O. The Morgan fingerprint density at radius 3 is 1.86 bits per heavy atom. The second kappa shape index (κ2) is 14.5. The summed E-state index contributed by atoms with van der Waals surface area (Å²) in [5.74, 6) is -2.00. The van der Waals surface area contributed by atoms with E-state index in [0.29, 0.717) is 0 Å². The molecule has 0 aromatic rings. The molecule has 3 fully saturated rings. The maximum Gasteiger partial charge on any atom is 0.470 e. The fourth-order valence-corrected chi connectivity index (χ4v) is 6.04. The van der Waals surface area contributed by atoms with Crippen molar-refractivity contribution in [1.82, 2.24) is 5.32 Å². The summed E-state index contributed by atoms with van der Waals surface area (Å²) in [4.78, 5) is 26.6. The fraction of sp³-hybridized carbons (Fsp3) is 0.905. The number of rotatable bonds is 11. The Balaban J connectivity index is 1.99. The first kappa shape index (κ1) is 35.7. The lowest BCUT2D eigenvalue weighted by Gasteiger charge is -2.46. The summed E-state index contributed by atoms with van der Waals surface area (Å²) in [6, 6.07) is -4.28. The molecule has 250 valence electrons. The van der Waals surface area contributed by atoms with Crippen molar-refractivity contribution in [2.24, 2.45) is 38.8 Å². The Hall–Kier alpha value is -1.79. The molecule has 1 saturated carbocycles. The first-order valence-electron chi connectivity index (χ1n) is 13.2. The van der Waals surface area contributed by atoms with Crippen molar-refractivity contribution >= 4 is 19.7 Å². The molecule has 0 aromatic heterocycles. The van der Waals surface area contributed by atoms with E-state index in [1.807, 2.05) is 0 Å². The number of nitrogens with one attached hydrogen (secondary N) is 1. The van der Waals surface area contributed by atoms with Gasteiger partial charge in [0.25, 0.3) is 0 Å². The van der Waals surface area contributed by atoms with Gasteiger partial charge in [-0.15, -0.1) is 0 Å². The van der Waals surface area contributed by atoms with E-state index >= 15 is 0 Å². The van der Waals surface area contributed by atoms with Gasteiger partial charge in [-0.3, -0.25) is 4.52 Å². The van der Waals surface area contributed by atoms with Gasteiger partial charge in [0.2, 0.25) is 0 Å². The highest BCUT2D eigenvalue weighted by Crippen LogP contribution is 2.44. The van der Waals surface area contributed by atoms with Gasteiger partial charge in [-0.1, -0.05) is 0 Å². The molecule has 0 spiro atoms. The summed E-state index contributed by atoms with van der Waals surface area (Å²) in [5, 5.41) is 65.8. The molecular formula is C21H42N7O14P. The summed E-state index contributed by atoms with van der Waals surface area (Å²) in [5.41, 5.74) is 21.9. The molecule has 0 bridgehead atoms. The van der Waals surface area contributed by atoms with E-state index in [-0.39, 0.29) is 0 Å². The Bertz CT molecular complexity index is 1030. The van der Waals surface area contributed by atoms with Gasteiger partial charge in [-0.2, -0.15) is 0 Å². The third-order valence-electron chi connectivity index (χ3n) is 7.55. The third-order valence-corrected chi connectivity index (χ3v) is 8.07. The molecular weight excluding hydrogens is 605 g/mol. The number of likely N-dealkylation sites (N-methyl/N-ethyl adjacent to an activating group) is 1. The van der Waals surface area contributed by atoms with Gasteiger partial charge in [0.15, 0.2) is 24.5 Å². The van der Waals surface area contributed by atoms with Crippen LogP contribution >= 0.6 is 7.82 Å². The first-order chi connectivity index (χ1) is 20.0. The molecule has 21 nitrogen and oxygen atoms in total. The molecule has 22 heteroatoms. The molecule has 2 aliphatic heterocycles. The minimum Gasteiger partial charge on any atom is -0.396 e. The maximum atomic E-state index is 11.8.